The fourth-order valence-corrected chi connectivity index (χ4v) is 5.31. The molecule has 30 heavy (non-hydrogen) atoms. The van der Waals surface area contributed by atoms with Gasteiger partial charge >= 0.3 is 6.09 Å². The minimum Gasteiger partial charge on any atom is -0.491 e. The third-order valence-electron chi connectivity index (χ3n) is 4.42. The van der Waals surface area contributed by atoms with E-state index in [9.17, 15) is 17.6 Å². The molecule has 3 rings (SSSR count). The molecule has 158 valence electrons. The Morgan fingerprint density at radius 3 is 2.57 bits per heavy atom. The second kappa shape index (κ2) is 8.28. The number of benzene rings is 2. The van der Waals surface area contributed by atoms with E-state index in [-0.39, 0.29) is 46.0 Å². The van der Waals surface area contributed by atoms with E-state index in [1.54, 1.807) is 6.07 Å². The Kier molecular flexibility index (Phi) is 6.10. The zero-order valence-electron chi connectivity index (χ0n) is 15.1. The SMILES string of the molecule is N#Cc1ccc(OCC2(NC(=O)O)CN(S(=O)(=O)c3ccc(Cl)cc3Cl)C2)cc1F. The summed E-state index contributed by atoms with van der Waals surface area (Å²) in [6, 6.07) is 9.19. The highest BCUT2D eigenvalue weighted by molar-refractivity contribution is 7.89. The van der Waals surface area contributed by atoms with Crippen molar-refractivity contribution in [3.05, 3.63) is 57.8 Å². The smallest absolute Gasteiger partial charge is 0.405 e. The van der Waals surface area contributed by atoms with Gasteiger partial charge in [-0.3, -0.25) is 0 Å². The first-order valence-electron chi connectivity index (χ1n) is 8.35. The van der Waals surface area contributed by atoms with Crippen LogP contribution in [0.5, 0.6) is 5.75 Å². The fraction of sp³-hybridized carbons (Fsp3) is 0.222. The molecular weight excluding hydrogens is 460 g/mol. The summed E-state index contributed by atoms with van der Waals surface area (Å²) in [6.07, 6.45) is -1.37. The van der Waals surface area contributed by atoms with Crippen molar-refractivity contribution in [1.82, 2.24) is 9.62 Å². The van der Waals surface area contributed by atoms with Gasteiger partial charge in [0.1, 0.15) is 34.7 Å². The van der Waals surface area contributed by atoms with Crippen LogP contribution >= 0.6 is 23.2 Å². The number of hydrogen-bond acceptors (Lipinski definition) is 5. The molecule has 8 nitrogen and oxygen atoms in total. The largest absolute Gasteiger partial charge is 0.491 e. The zero-order chi connectivity index (χ0) is 22.1. The summed E-state index contributed by atoms with van der Waals surface area (Å²) in [7, 11) is -4.00. The van der Waals surface area contributed by atoms with Gasteiger partial charge in [-0.25, -0.2) is 17.6 Å². The van der Waals surface area contributed by atoms with E-state index >= 15 is 0 Å². The molecule has 2 N–H and O–H groups in total. The van der Waals surface area contributed by atoms with E-state index < -0.39 is 27.5 Å². The van der Waals surface area contributed by atoms with Gasteiger partial charge in [-0.1, -0.05) is 23.2 Å². The van der Waals surface area contributed by atoms with E-state index in [2.05, 4.69) is 5.32 Å². The van der Waals surface area contributed by atoms with Crippen molar-refractivity contribution in [3.8, 4) is 11.8 Å². The predicted octanol–water partition coefficient (Wildman–Crippen LogP) is 3.09. The van der Waals surface area contributed by atoms with Crippen LogP contribution in [0, 0.1) is 17.1 Å². The monoisotopic (exact) mass is 473 g/mol. The number of nitrogens with one attached hydrogen (secondary N) is 1. The molecule has 0 saturated carbocycles. The van der Waals surface area contributed by atoms with Gasteiger partial charge in [0.2, 0.25) is 10.0 Å². The van der Waals surface area contributed by atoms with Crippen molar-refractivity contribution in [3.63, 3.8) is 0 Å². The standard InChI is InChI=1S/C18H14Cl2FN3O5S/c19-12-2-4-16(14(20)5-12)30(27,28)24-8-18(9-24,23-17(25)26)10-29-13-3-1-11(7-22)15(21)6-13/h1-6,23H,8-10H2,(H,25,26). The number of carboxylic acid groups (broad SMARTS) is 1. The van der Waals surface area contributed by atoms with E-state index in [1.807, 2.05) is 0 Å². The van der Waals surface area contributed by atoms with Gasteiger partial charge in [-0.15, -0.1) is 0 Å². The predicted molar refractivity (Wildman–Crippen MR) is 106 cm³/mol. The van der Waals surface area contributed by atoms with E-state index in [1.165, 1.54) is 30.3 Å². The lowest BCUT2D eigenvalue weighted by Crippen LogP contribution is -2.73. The van der Waals surface area contributed by atoms with Crippen LogP contribution < -0.4 is 10.1 Å². The topological polar surface area (TPSA) is 120 Å². The lowest BCUT2D eigenvalue weighted by molar-refractivity contribution is 0.0604. The molecule has 1 amide bonds. The number of hydrogen-bond donors (Lipinski definition) is 2. The zero-order valence-corrected chi connectivity index (χ0v) is 17.4. The van der Waals surface area contributed by atoms with Crippen LogP contribution in [-0.4, -0.2) is 49.2 Å². The summed E-state index contributed by atoms with van der Waals surface area (Å²) in [5.41, 5.74) is -1.41. The molecule has 1 heterocycles. The van der Waals surface area contributed by atoms with Crippen LogP contribution in [0.3, 0.4) is 0 Å². The second-order valence-corrected chi connectivity index (χ2v) is 9.35. The molecule has 0 aromatic heterocycles. The first kappa shape index (κ1) is 22.1. The molecule has 0 radical (unpaired) electrons. The first-order chi connectivity index (χ1) is 14.1. The maximum Gasteiger partial charge on any atom is 0.405 e. The Morgan fingerprint density at radius 2 is 2.00 bits per heavy atom. The van der Waals surface area contributed by atoms with Gasteiger partial charge in [-0.2, -0.15) is 9.57 Å². The average Bonchev–Trinajstić information content (AvgIpc) is 2.62. The van der Waals surface area contributed by atoms with Crippen molar-refractivity contribution in [2.24, 2.45) is 0 Å². The van der Waals surface area contributed by atoms with Gasteiger partial charge in [0.05, 0.1) is 10.6 Å². The van der Waals surface area contributed by atoms with Crippen molar-refractivity contribution in [2.45, 2.75) is 10.4 Å². The molecule has 0 atom stereocenters. The first-order valence-corrected chi connectivity index (χ1v) is 10.5. The van der Waals surface area contributed by atoms with Crippen molar-refractivity contribution < 1.29 is 27.4 Å². The molecule has 1 aliphatic rings. The van der Waals surface area contributed by atoms with Crippen LogP contribution in [0.2, 0.25) is 10.0 Å². The number of nitrogens with zero attached hydrogens (tertiary/aromatic N) is 2. The van der Waals surface area contributed by atoms with Gasteiger partial charge < -0.3 is 15.2 Å². The van der Waals surface area contributed by atoms with E-state index in [0.29, 0.717) is 0 Å². The minimum absolute atomic E-state index is 0.0597. The number of nitriles is 1. The molecule has 2 aromatic rings. The van der Waals surface area contributed by atoms with E-state index in [4.69, 9.17) is 38.3 Å². The molecule has 0 spiro atoms. The summed E-state index contributed by atoms with van der Waals surface area (Å²) in [5.74, 6) is -0.717. The van der Waals surface area contributed by atoms with Gasteiger partial charge in [0, 0.05) is 24.2 Å². The molecule has 1 aliphatic heterocycles. The van der Waals surface area contributed by atoms with Crippen LogP contribution in [-0.2, 0) is 10.0 Å². The average molecular weight is 474 g/mol. The number of halogens is 3. The lowest BCUT2D eigenvalue weighted by atomic mass is 9.93. The Bertz CT molecular complexity index is 1150. The minimum atomic E-state index is -4.00. The van der Waals surface area contributed by atoms with Crippen LogP contribution in [0.4, 0.5) is 9.18 Å². The Labute approximate surface area is 181 Å². The van der Waals surface area contributed by atoms with Gasteiger partial charge in [0.25, 0.3) is 0 Å². The van der Waals surface area contributed by atoms with Crippen molar-refractivity contribution >= 4 is 39.3 Å². The number of sulfonamides is 1. The maximum absolute atomic E-state index is 13.7. The quantitative estimate of drug-likeness (QED) is 0.664. The highest BCUT2D eigenvalue weighted by Gasteiger charge is 2.50. The molecule has 2 aromatic carbocycles. The van der Waals surface area contributed by atoms with Gasteiger partial charge in [-0.05, 0) is 30.3 Å². The third-order valence-corrected chi connectivity index (χ3v) is 6.93. The Morgan fingerprint density at radius 1 is 1.30 bits per heavy atom. The Hall–Kier alpha value is -2.58. The highest BCUT2D eigenvalue weighted by Crippen LogP contribution is 2.33. The normalized spacial score (nSPS) is 15.7. The van der Waals surface area contributed by atoms with Crippen LogP contribution in [0.1, 0.15) is 5.56 Å². The molecule has 0 aliphatic carbocycles. The van der Waals surface area contributed by atoms with Crippen LogP contribution in [0.15, 0.2) is 41.3 Å². The fourth-order valence-electron chi connectivity index (χ4n) is 2.95. The lowest BCUT2D eigenvalue weighted by Gasteiger charge is -2.48. The molecular formula is C18H14Cl2FN3O5S. The third kappa shape index (κ3) is 4.44. The van der Waals surface area contributed by atoms with Crippen molar-refractivity contribution in [2.75, 3.05) is 19.7 Å². The number of carbonyl (C=O) groups is 1. The molecule has 12 heteroatoms. The number of amides is 1. The summed E-state index contributed by atoms with van der Waals surface area (Å²) >= 11 is 11.8. The van der Waals surface area contributed by atoms with Gasteiger partial charge in [0.15, 0.2) is 0 Å². The second-order valence-electron chi connectivity index (χ2n) is 6.60. The summed E-state index contributed by atoms with van der Waals surface area (Å²) in [5, 5.41) is 20.4. The van der Waals surface area contributed by atoms with E-state index in [0.717, 1.165) is 10.4 Å². The number of ether oxygens (including phenoxy) is 1. The molecule has 0 unspecified atom stereocenters. The molecule has 0 bridgehead atoms. The summed E-state index contributed by atoms with van der Waals surface area (Å²) in [4.78, 5) is 11.0. The van der Waals surface area contributed by atoms with Crippen LogP contribution in [0.25, 0.3) is 0 Å². The number of rotatable bonds is 6. The summed E-state index contributed by atoms with van der Waals surface area (Å²) < 4.78 is 45.9. The Balaban J connectivity index is 1.76. The van der Waals surface area contributed by atoms with Crippen molar-refractivity contribution in [1.29, 1.82) is 5.26 Å². The molecule has 1 saturated heterocycles. The maximum atomic E-state index is 13.7. The molecule has 1 fully saturated rings. The summed E-state index contributed by atoms with van der Waals surface area (Å²) in [6.45, 7) is -0.705. The highest BCUT2D eigenvalue weighted by atomic mass is 35.5.